The van der Waals surface area contributed by atoms with Crippen molar-refractivity contribution in [2.24, 2.45) is 0 Å². The van der Waals surface area contributed by atoms with Crippen molar-refractivity contribution < 1.29 is 9.18 Å². The summed E-state index contributed by atoms with van der Waals surface area (Å²) in [6.07, 6.45) is 2.79. The number of benzene rings is 1. The fourth-order valence-corrected chi connectivity index (χ4v) is 2.46. The predicted octanol–water partition coefficient (Wildman–Crippen LogP) is 2.11. The van der Waals surface area contributed by atoms with Crippen LogP contribution in [-0.2, 0) is 13.1 Å². The molecule has 1 aliphatic rings. The summed E-state index contributed by atoms with van der Waals surface area (Å²) in [6.45, 7) is 2.10. The van der Waals surface area contributed by atoms with Crippen LogP contribution in [0, 0.1) is 5.82 Å². The number of amides is 1. The molecule has 2 heterocycles. The molecule has 110 valence electrons. The van der Waals surface area contributed by atoms with Crippen molar-refractivity contribution in [1.82, 2.24) is 14.5 Å². The lowest BCUT2D eigenvalue weighted by Gasteiger charge is -2.15. The Hall–Kier alpha value is -2.37. The highest BCUT2D eigenvalue weighted by atomic mass is 19.1. The van der Waals surface area contributed by atoms with Crippen molar-refractivity contribution >= 4 is 11.9 Å². The maximum Gasteiger partial charge on any atom is 0.274 e. The maximum absolute atomic E-state index is 13.2. The maximum atomic E-state index is 13.2. The van der Waals surface area contributed by atoms with Crippen LogP contribution in [0.2, 0.25) is 0 Å². The molecule has 1 aromatic carbocycles. The summed E-state index contributed by atoms with van der Waals surface area (Å²) in [5, 5.41) is 3.17. The summed E-state index contributed by atoms with van der Waals surface area (Å²) in [5.74, 6) is 0.279. The molecule has 5 nitrogen and oxygen atoms in total. The Balaban J connectivity index is 1.73. The van der Waals surface area contributed by atoms with E-state index in [0.717, 1.165) is 31.0 Å². The number of anilines is 1. The highest BCUT2D eigenvalue weighted by Crippen LogP contribution is 2.16. The van der Waals surface area contributed by atoms with E-state index in [0.29, 0.717) is 12.2 Å². The second-order valence-corrected chi connectivity index (χ2v) is 5.21. The van der Waals surface area contributed by atoms with Crippen LogP contribution in [0.4, 0.5) is 10.3 Å². The Bertz CT molecular complexity index is 644. The lowest BCUT2D eigenvalue weighted by molar-refractivity contribution is 0.0779. The molecule has 21 heavy (non-hydrogen) atoms. The number of imidazole rings is 1. The van der Waals surface area contributed by atoms with Crippen LogP contribution in [0.5, 0.6) is 0 Å². The summed E-state index contributed by atoms with van der Waals surface area (Å²) in [6, 6.07) is 6.26. The van der Waals surface area contributed by atoms with E-state index in [2.05, 4.69) is 10.3 Å². The third-order valence-corrected chi connectivity index (χ3v) is 3.51. The lowest BCUT2D eigenvalue weighted by Crippen LogP contribution is -2.26. The van der Waals surface area contributed by atoms with Gasteiger partial charge in [0.05, 0.1) is 0 Å². The number of carbonyl (C=O) groups is 1. The number of nitrogens with zero attached hydrogens (tertiary/aromatic N) is 3. The third kappa shape index (κ3) is 2.89. The van der Waals surface area contributed by atoms with Gasteiger partial charge < -0.3 is 14.8 Å². The van der Waals surface area contributed by atoms with Gasteiger partial charge in [-0.2, -0.15) is 0 Å². The highest BCUT2D eigenvalue weighted by Gasteiger charge is 2.19. The largest absolute Gasteiger partial charge is 0.356 e. The Morgan fingerprint density at radius 3 is 3.14 bits per heavy atom. The molecule has 6 heteroatoms. The zero-order valence-corrected chi connectivity index (χ0v) is 11.8. The summed E-state index contributed by atoms with van der Waals surface area (Å²) in [7, 11) is 1.69. The topological polar surface area (TPSA) is 50.2 Å². The minimum Gasteiger partial charge on any atom is -0.356 e. The van der Waals surface area contributed by atoms with Crippen molar-refractivity contribution in [3.05, 3.63) is 47.5 Å². The van der Waals surface area contributed by atoms with Crippen LogP contribution in [0.25, 0.3) is 0 Å². The van der Waals surface area contributed by atoms with Gasteiger partial charge in [-0.15, -0.1) is 0 Å². The average Bonchev–Trinajstić information content (AvgIpc) is 2.90. The third-order valence-electron chi connectivity index (χ3n) is 3.51. The van der Waals surface area contributed by atoms with Crippen molar-refractivity contribution in [3.63, 3.8) is 0 Å². The Kier molecular flexibility index (Phi) is 3.60. The van der Waals surface area contributed by atoms with Crippen LogP contribution in [0.1, 0.15) is 22.5 Å². The molecule has 0 fully saturated rings. The van der Waals surface area contributed by atoms with Crippen molar-refractivity contribution in [2.45, 2.75) is 19.5 Å². The molecule has 1 aromatic heterocycles. The molecule has 1 aliphatic heterocycles. The number of rotatable bonds is 3. The molecule has 1 N–H and O–H groups in total. The van der Waals surface area contributed by atoms with Gasteiger partial charge in [0.2, 0.25) is 5.95 Å². The molecule has 0 aliphatic carbocycles. The van der Waals surface area contributed by atoms with Gasteiger partial charge in [-0.3, -0.25) is 4.79 Å². The highest BCUT2D eigenvalue weighted by molar-refractivity contribution is 5.92. The number of fused-ring (bicyclic) bond motifs is 1. The van der Waals surface area contributed by atoms with Crippen LogP contribution < -0.4 is 5.32 Å². The van der Waals surface area contributed by atoms with Crippen LogP contribution in [0.15, 0.2) is 30.5 Å². The molecule has 2 aromatic rings. The van der Waals surface area contributed by atoms with E-state index in [1.807, 2.05) is 4.57 Å². The van der Waals surface area contributed by atoms with Crippen molar-refractivity contribution in [3.8, 4) is 0 Å². The zero-order valence-electron chi connectivity index (χ0n) is 11.8. The van der Waals surface area contributed by atoms with E-state index in [1.165, 1.54) is 12.1 Å². The summed E-state index contributed by atoms with van der Waals surface area (Å²) >= 11 is 0. The number of carbonyl (C=O) groups excluding carboxylic acids is 1. The minimum absolute atomic E-state index is 0.164. The first kappa shape index (κ1) is 13.6. The first-order valence-corrected chi connectivity index (χ1v) is 6.94. The van der Waals surface area contributed by atoms with E-state index < -0.39 is 0 Å². The second kappa shape index (κ2) is 5.55. The molecular weight excluding hydrogens is 271 g/mol. The number of halogens is 1. The van der Waals surface area contributed by atoms with Gasteiger partial charge in [-0.25, -0.2) is 9.37 Å². The van der Waals surface area contributed by atoms with Gasteiger partial charge in [0.1, 0.15) is 11.5 Å². The van der Waals surface area contributed by atoms with E-state index >= 15 is 0 Å². The minimum atomic E-state index is -0.296. The lowest BCUT2D eigenvalue weighted by atomic mass is 10.2. The molecule has 0 atom stereocenters. The Labute approximate surface area is 122 Å². The van der Waals surface area contributed by atoms with Gasteiger partial charge in [0.15, 0.2) is 0 Å². The molecule has 3 rings (SSSR count). The molecule has 0 saturated carbocycles. The number of aryl methyl sites for hydroxylation is 1. The second-order valence-electron chi connectivity index (χ2n) is 5.21. The van der Waals surface area contributed by atoms with E-state index in [9.17, 15) is 9.18 Å². The average molecular weight is 288 g/mol. The number of nitrogens with one attached hydrogen (secondary N) is 1. The van der Waals surface area contributed by atoms with Gasteiger partial charge >= 0.3 is 0 Å². The van der Waals surface area contributed by atoms with E-state index in [-0.39, 0.29) is 11.7 Å². The molecule has 0 radical (unpaired) electrons. The number of hydrogen-bond acceptors (Lipinski definition) is 3. The van der Waals surface area contributed by atoms with Crippen LogP contribution in [0.3, 0.4) is 0 Å². The molecule has 0 saturated heterocycles. The molecule has 0 unspecified atom stereocenters. The fraction of sp³-hybridized carbons (Fsp3) is 0.333. The van der Waals surface area contributed by atoms with Crippen LogP contribution >= 0.6 is 0 Å². The molecule has 1 amide bonds. The SMILES string of the molecule is CN(Cc1cccc(F)c1)C(=O)c1cn2c(n1)NCCC2. The quantitative estimate of drug-likeness (QED) is 0.941. The monoisotopic (exact) mass is 288 g/mol. The Morgan fingerprint density at radius 2 is 2.38 bits per heavy atom. The van der Waals surface area contributed by atoms with Gasteiger partial charge in [0, 0.05) is 32.9 Å². The fourth-order valence-electron chi connectivity index (χ4n) is 2.46. The first-order chi connectivity index (χ1) is 10.1. The van der Waals surface area contributed by atoms with Gasteiger partial charge in [0.25, 0.3) is 5.91 Å². The smallest absolute Gasteiger partial charge is 0.274 e. The molecular formula is C15H17FN4O. The van der Waals surface area contributed by atoms with E-state index in [1.54, 1.807) is 30.3 Å². The van der Waals surface area contributed by atoms with Gasteiger partial charge in [-0.05, 0) is 24.1 Å². The molecule has 0 bridgehead atoms. The normalized spacial score (nSPS) is 13.4. The number of aromatic nitrogens is 2. The van der Waals surface area contributed by atoms with Crippen LogP contribution in [-0.4, -0.2) is 34.0 Å². The Morgan fingerprint density at radius 1 is 1.52 bits per heavy atom. The van der Waals surface area contributed by atoms with Crippen molar-refractivity contribution in [2.75, 3.05) is 18.9 Å². The summed E-state index contributed by atoms with van der Waals surface area (Å²) in [5.41, 5.74) is 1.17. The van der Waals surface area contributed by atoms with E-state index in [4.69, 9.17) is 0 Å². The summed E-state index contributed by atoms with van der Waals surface area (Å²) < 4.78 is 15.1. The standard InChI is InChI=1S/C15H17FN4O/c1-19(9-11-4-2-5-12(16)8-11)14(21)13-10-20-7-3-6-17-15(20)18-13/h2,4-5,8,10H,3,6-7,9H2,1H3,(H,17,18). The molecule has 0 spiro atoms. The van der Waals surface area contributed by atoms with Gasteiger partial charge in [-0.1, -0.05) is 12.1 Å². The first-order valence-electron chi connectivity index (χ1n) is 6.94. The summed E-state index contributed by atoms with van der Waals surface area (Å²) in [4.78, 5) is 18.2. The van der Waals surface area contributed by atoms with Crippen molar-refractivity contribution in [1.29, 1.82) is 0 Å². The zero-order chi connectivity index (χ0) is 14.8. The number of hydrogen-bond donors (Lipinski definition) is 1. The predicted molar refractivity (Wildman–Crippen MR) is 77.5 cm³/mol.